The van der Waals surface area contributed by atoms with Gasteiger partial charge in [-0.1, -0.05) is 0 Å². The number of hydrogen-bond donors (Lipinski definition) is 1. The number of ether oxygens (including phenoxy) is 1. The molecule has 0 bridgehead atoms. The molecule has 0 amide bonds. The van der Waals surface area contributed by atoms with Crippen LogP contribution in [0.4, 0.5) is 11.4 Å². The second-order valence-electron chi connectivity index (χ2n) is 2.98. The summed E-state index contributed by atoms with van der Waals surface area (Å²) in [5.41, 5.74) is 0.507. The van der Waals surface area contributed by atoms with E-state index in [0.29, 0.717) is 24.4 Å². The van der Waals surface area contributed by atoms with Gasteiger partial charge in [-0.3, -0.25) is 10.1 Å². The summed E-state index contributed by atoms with van der Waals surface area (Å²) in [5, 5.41) is 21.9. The highest BCUT2D eigenvalue weighted by Crippen LogP contribution is 2.28. The van der Waals surface area contributed by atoms with Crippen LogP contribution in [-0.4, -0.2) is 18.6 Å². The van der Waals surface area contributed by atoms with Crippen LogP contribution in [0, 0.1) is 21.4 Å². The van der Waals surface area contributed by atoms with Crippen LogP contribution < -0.4 is 10.1 Å². The number of hydrogen-bond acceptors (Lipinski definition) is 5. The highest BCUT2D eigenvalue weighted by atomic mass is 16.6. The lowest BCUT2D eigenvalue weighted by Crippen LogP contribution is -2.03. The largest absolute Gasteiger partial charge is 0.495 e. The zero-order valence-electron chi connectivity index (χ0n) is 8.77. The molecule has 0 fully saturated rings. The monoisotopic (exact) mass is 221 g/mol. The minimum Gasteiger partial charge on any atom is -0.495 e. The van der Waals surface area contributed by atoms with E-state index in [9.17, 15) is 10.1 Å². The quantitative estimate of drug-likeness (QED) is 0.466. The topological polar surface area (TPSA) is 88.2 Å². The maximum atomic E-state index is 10.6. The van der Waals surface area contributed by atoms with Crippen LogP contribution in [0.3, 0.4) is 0 Å². The first-order valence-electron chi connectivity index (χ1n) is 4.62. The summed E-state index contributed by atoms with van der Waals surface area (Å²) >= 11 is 0. The summed E-state index contributed by atoms with van der Waals surface area (Å²) in [5.74, 6) is 0.517. The van der Waals surface area contributed by atoms with E-state index in [2.05, 4.69) is 5.32 Å². The SMILES string of the molecule is COc1ccc([N+](=O)[O-])cc1NCCC#N. The van der Waals surface area contributed by atoms with Crippen molar-refractivity contribution in [1.29, 1.82) is 5.26 Å². The van der Waals surface area contributed by atoms with Gasteiger partial charge in [0, 0.05) is 18.7 Å². The fourth-order valence-electron chi connectivity index (χ4n) is 1.20. The molecule has 1 aromatic carbocycles. The number of rotatable bonds is 5. The first kappa shape index (κ1) is 11.8. The van der Waals surface area contributed by atoms with Gasteiger partial charge in [0.2, 0.25) is 0 Å². The normalized spacial score (nSPS) is 9.25. The molecule has 0 unspecified atom stereocenters. The summed E-state index contributed by atoms with van der Waals surface area (Å²) in [6.45, 7) is 0.425. The van der Waals surface area contributed by atoms with Gasteiger partial charge in [0.1, 0.15) is 5.75 Å². The fraction of sp³-hybridized carbons (Fsp3) is 0.300. The Kier molecular flexibility index (Phi) is 4.09. The molecule has 1 aromatic rings. The molecule has 0 aliphatic rings. The summed E-state index contributed by atoms with van der Waals surface area (Å²) in [7, 11) is 1.48. The van der Waals surface area contributed by atoms with E-state index in [4.69, 9.17) is 10.00 Å². The smallest absolute Gasteiger partial charge is 0.271 e. The zero-order valence-corrected chi connectivity index (χ0v) is 8.77. The lowest BCUT2D eigenvalue weighted by Gasteiger charge is -2.09. The molecule has 84 valence electrons. The Morgan fingerprint density at radius 2 is 2.38 bits per heavy atom. The van der Waals surface area contributed by atoms with E-state index >= 15 is 0 Å². The summed E-state index contributed by atoms with van der Waals surface area (Å²) in [4.78, 5) is 10.1. The van der Waals surface area contributed by atoms with Gasteiger partial charge in [0.25, 0.3) is 5.69 Å². The Balaban J connectivity index is 2.89. The molecular formula is C10H11N3O3. The molecule has 1 rings (SSSR count). The summed E-state index contributed by atoms with van der Waals surface area (Å²) in [6.07, 6.45) is 0.325. The molecular weight excluding hydrogens is 210 g/mol. The third-order valence-corrected chi connectivity index (χ3v) is 1.95. The highest BCUT2D eigenvalue weighted by molar-refractivity contribution is 5.61. The Hall–Kier alpha value is -2.29. The Morgan fingerprint density at radius 3 is 2.94 bits per heavy atom. The van der Waals surface area contributed by atoms with Gasteiger partial charge in [0.15, 0.2) is 0 Å². The van der Waals surface area contributed by atoms with Crippen molar-refractivity contribution >= 4 is 11.4 Å². The maximum Gasteiger partial charge on any atom is 0.271 e. The number of nitrogens with zero attached hydrogens (tertiary/aromatic N) is 2. The second kappa shape index (κ2) is 5.56. The van der Waals surface area contributed by atoms with E-state index in [-0.39, 0.29) is 5.69 Å². The van der Waals surface area contributed by atoms with Crippen LogP contribution in [0.15, 0.2) is 18.2 Å². The van der Waals surface area contributed by atoms with Gasteiger partial charge in [-0.25, -0.2) is 0 Å². The molecule has 0 heterocycles. The van der Waals surface area contributed by atoms with Gasteiger partial charge in [0.05, 0.1) is 30.2 Å². The molecule has 1 N–H and O–H groups in total. The van der Waals surface area contributed by atoms with Gasteiger partial charge in [-0.2, -0.15) is 5.26 Å². The van der Waals surface area contributed by atoms with Crippen LogP contribution in [0.2, 0.25) is 0 Å². The number of anilines is 1. The van der Waals surface area contributed by atoms with Crippen molar-refractivity contribution in [3.8, 4) is 11.8 Å². The number of non-ortho nitro benzene ring substituents is 1. The molecule has 0 atom stereocenters. The second-order valence-corrected chi connectivity index (χ2v) is 2.98. The van der Waals surface area contributed by atoms with E-state index in [0.717, 1.165) is 0 Å². The number of nitrogens with one attached hydrogen (secondary N) is 1. The molecule has 6 nitrogen and oxygen atoms in total. The van der Waals surface area contributed by atoms with Crippen LogP contribution in [0.1, 0.15) is 6.42 Å². The Labute approximate surface area is 92.6 Å². The fourth-order valence-corrected chi connectivity index (χ4v) is 1.20. The minimum absolute atomic E-state index is 0.0137. The maximum absolute atomic E-state index is 10.6. The predicted molar refractivity (Wildman–Crippen MR) is 58.4 cm³/mol. The Morgan fingerprint density at radius 1 is 1.62 bits per heavy atom. The number of nitro benzene ring substituents is 1. The van der Waals surface area contributed by atoms with E-state index in [1.807, 2.05) is 6.07 Å². The van der Waals surface area contributed by atoms with Crippen LogP contribution >= 0.6 is 0 Å². The van der Waals surface area contributed by atoms with Gasteiger partial charge >= 0.3 is 0 Å². The third kappa shape index (κ3) is 2.85. The molecule has 16 heavy (non-hydrogen) atoms. The molecule has 0 radical (unpaired) electrons. The molecule has 0 spiro atoms. The van der Waals surface area contributed by atoms with Crippen molar-refractivity contribution < 1.29 is 9.66 Å². The standard InChI is InChI=1S/C10H11N3O3/c1-16-10-4-3-8(13(14)15)7-9(10)12-6-2-5-11/h3-4,7,12H,2,6H2,1H3. The number of nitro groups is 1. The number of benzene rings is 1. The first-order valence-corrected chi connectivity index (χ1v) is 4.62. The van der Waals surface area contributed by atoms with Crippen molar-refractivity contribution in [3.05, 3.63) is 28.3 Å². The van der Waals surface area contributed by atoms with Crippen molar-refractivity contribution in [1.82, 2.24) is 0 Å². The Bertz CT molecular complexity index is 426. The molecule has 6 heteroatoms. The summed E-state index contributed by atoms with van der Waals surface area (Å²) < 4.78 is 5.04. The summed E-state index contributed by atoms with van der Waals surface area (Å²) in [6, 6.07) is 6.25. The molecule has 0 aliphatic carbocycles. The predicted octanol–water partition coefficient (Wildman–Crippen LogP) is 1.93. The van der Waals surface area contributed by atoms with Crippen LogP contribution in [-0.2, 0) is 0 Å². The number of methoxy groups -OCH3 is 1. The molecule has 0 saturated carbocycles. The molecule has 0 saturated heterocycles. The van der Waals surface area contributed by atoms with Crippen molar-refractivity contribution in [2.24, 2.45) is 0 Å². The van der Waals surface area contributed by atoms with Gasteiger partial charge in [-0.15, -0.1) is 0 Å². The number of nitriles is 1. The average Bonchev–Trinajstić information content (AvgIpc) is 2.29. The van der Waals surface area contributed by atoms with Crippen LogP contribution in [0.25, 0.3) is 0 Å². The van der Waals surface area contributed by atoms with Crippen molar-refractivity contribution in [3.63, 3.8) is 0 Å². The molecule has 0 aliphatic heterocycles. The lowest BCUT2D eigenvalue weighted by molar-refractivity contribution is -0.384. The van der Waals surface area contributed by atoms with Crippen LogP contribution in [0.5, 0.6) is 5.75 Å². The van der Waals surface area contributed by atoms with Crippen molar-refractivity contribution in [2.45, 2.75) is 6.42 Å². The molecule has 0 aromatic heterocycles. The van der Waals surface area contributed by atoms with E-state index in [1.54, 1.807) is 0 Å². The van der Waals surface area contributed by atoms with E-state index < -0.39 is 4.92 Å². The third-order valence-electron chi connectivity index (χ3n) is 1.95. The van der Waals surface area contributed by atoms with Gasteiger partial charge in [-0.05, 0) is 6.07 Å². The van der Waals surface area contributed by atoms with Crippen molar-refractivity contribution in [2.75, 3.05) is 19.0 Å². The average molecular weight is 221 g/mol. The lowest BCUT2D eigenvalue weighted by atomic mass is 10.2. The first-order chi connectivity index (χ1) is 7.69. The van der Waals surface area contributed by atoms with Gasteiger partial charge < -0.3 is 10.1 Å². The zero-order chi connectivity index (χ0) is 12.0. The minimum atomic E-state index is -0.477. The highest BCUT2D eigenvalue weighted by Gasteiger charge is 2.10. The van der Waals surface area contributed by atoms with E-state index in [1.165, 1.54) is 25.3 Å².